The third kappa shape index (κ3) is 1.27. The monoisotopic (exact) mass is 168 g/mol. The Balaban J connectivity index is 2.08. The van der Waals surface area contributed by atoms with Crippen LogP contribution in [0, 0.1) is 0 Å². The van der Waals surface area contributed by atoms with E-state index in [2.05, 4.69) is 18.7 Å². The highest BCUT2D eigenvalue weighted by Gasteiger charge is 2.41. The molecule has 70 valence electrons. The van der Waals surface area contributed by atoms with Gasteiger partial charge in [0.2, 0.25) is 0 Å². The molecule has 0 spiro atoms. The molecule has 2 aliphatic rings. The number of hydrogen-bond donors (Lipinski definition) is 1. The minimum absolute atomic E-state index is 0.449. The zero-order valence-electron chi connectivity index (χ0n) is 8.21. The second-order valence-corrected chi connectivity index (χ2v) is 4.98. The van der Waals surface area contributed by atoms with E-state index < -0.39 is 0 Å². The zero-order valence-corrected chi connectivity index (χ0v) is 8.21. The summed E-state index contributed by atoms with van der Waals surface area (Å²) in [5, 5.41) is 0. The van der Waals surface area contributed by atoms with Gasteiger partial charge < -0.3 is 5.73 Å². The van der Waals surface area contributed by atoms with Gasteiger partial charge in [-0.3, -0.25) is 4.90 Å². The highest BCUT2D eigenvalue weighted by molar-refractivity contribution is 4.98. The highest BCUT2D eigenvalue weighted by Crippen LogP contribution is 2.37. The molecule has 0 saturated carbocycles. The van der Waals surface area contributed by atoms with E-state index in [4.69, 9.17) is 5.73 Å². The molecule has 2 heteroatoms. The van der Waals surface area contributed by atoms with Crippen LogP contribution in [0.1, 0.15) is 39.5 Å². The predicted molar refractivity (Wildman–Crippen MR) is 51.0 cm³/mol. The van der Waals surface area contributed by atoms with Crippen molar-refractivity contribution in [1.29, 1.82) is 0 Å². The van der Waals surface area contributed by atoms with Gasteiger partial charge >= 0.3 is 0 Å². The second kappa shape index (κ2) is 2.71. The lowest BCUT2D eigenvalue weighted by atomic mass is 9.98. The molecule has 0 amide bonds. The van der Waals surface area contributed by atoms with E-state index >= 15 is 0 Å². The molecule has 2 fully saturated rings. The number of hydrogen-bond acceptors (Lipinski definition) is 2. The van der Waals surface area contributed by atoms with Gasteiger partial charge in [-0.1, -0.05) is 0 Å². The lowest BCUT2D eigenvalue weighted by Gasteiger charge is -2.40. The van der Waals surface area contributed by atoms with Crippen LogP contribution in [-0.2, 0) is 0 Å². The third-order valence-corrected chi connectivity index (χ3v) is 3.62. The van der Waals surface area contributed by atoms with Gasteiger partial charge in [0.1, 0.15) is 0 Å². The van der Waals surface area contributed by atoms with Crippen molar-refractivity contribution in [3.8, 4) is 0 Å². The molecule has 0 aromatic heterocycles. The van der Waals surface area contributed by atoms with Crippen LogP contribution < -0.4 is 5.73 Å². The van der Waals surface area contributed by atoms with Crippen LogP contribution >= 0.6 is 0 Å². The standard InChI is InChI=1S/C10H20N2/c1-10(2)5-3-9-7-8(11)4-6-12(9)10/h8-9H,3-7,11H2,1-2H3. The van der Waals surface area contributed by atoms with Gasteiger partial charge in [0.05, 0.1) is 0 Å². The van der Waals surface area contributed by atoms with E-state index in [-0.39, 0.29) is 0 Å². The average Bonchev–Trinajstić information content (AvgIpc) is 2.27. The number of piperidine rings is 1. The minimum atomic E-state index is 0.449. The van der Waals surface area contributed by atoms with Crippen LogP contribution in [0.25, 0.3) is 0 Å². The molecular weight excluding hydrogens is 148 g/mol. The molecule has 0 aromatic carbocycles. The smallest absolute Gasteiger partial charge is 0.0156 e. The number of fused-ring (bicyclic) bond motifs is 1. The van der Waals surface area contributed by atoms with Gasteiger partial charge in [-0.25, -0.2) is 0 Å². The second-order valence-electron chi connectivity index (χ2n) is 4.98. The summed E-state index contributed by atoms with van der Waals surface area (Å²) in [6, 6.07) is 1.27. The first-order chi connectivity index (χ1) is 5.59. The van der Waals surface area contributed by atoms with Crippen LogP contribution in [0.3, 0.4) is 0 Å². The normalized spacial score (nSPS) is 41.2. The van der Waals surface area contributed by atoms with E-state index in [1.807, 2.05) is 0 Å². The van der Waals surface area contributed by atoms with Gasteiger partial charge in [-0.05, 0) is 39.5 Å². The summed E-state index contributed by atoms with van der Waals surface area (Å²) in [5.41, 5.74) is 6.40. The molecule has 0 aromatic rings. The van der Waals surface area contributed by atoms with Crippen molar-refractivity contribution in [3.63, 3.8) is 0 Å². The fourth-order valence-corrected chi connectivity index (χ4v) is 2.82. The van der Waals surface area contributed by atoms with Crippen LogP contribution in [0.2, 0.25) is 0 Å². The molecule has 0 bridgehead atoms. The highest BCUT2D eigenvalue weighted by atomic mass is 15.2. The lowest BCUT2D eigenvalue weighted by Crippen LogP contribution is -2.50. The number of nitrogens with zero attached hydrogens (tertiary/aromatic N) is 1. The van der Waals surface area contributed by atoms with E-state index in [0.717, 1.165) is 6.04 Å². The Labute approximate surface area is 75.1 Å². The van der Waals surface area contributed by atoms with Crippen LogP contribution in [0.4, 0.5) is 0 Å². The lowest BCUT2D eigenvalue weighted by molar-refractivity contribution is 0.0890. The largest absolute Gasteiger partial charge is 0.328 e. The van der Waals surface area contributed by atoms with Crippen molar-refractivity contribution >= 4 is 0 Å². The molecule has 2 nitrogen and oxygen atoms in total. The van der Waals surface area contributed by atoms with Gasteiger partial charge in [0.25, 0.3) is 0 Å². The van der Waals surface area contributed by atoms with Crippen molar-refractivity contribution in [3.05, 3.63) is 0 Å². The fourth-order valence-electron chi connectivity index (χ4n) is 2.82. The van der Waals surface area contributed by atoms with Crippen molar-refractivity contribution < 1.29 is 0 Å². The maximum Gasteiger partial charge on any atom is 0.0156 e. The van der Waals surface area contributed by atoms with E-state index in [0.29, 0.717) is 11.6 Å². The summed E-state index contributed by atoms with van der Waals surface area (Å²) < 4.78 is 0. The van der Waals surface area contributed by atoms with Crippen molar-refractivity contribution in [2.24, 2.45) is 5.73 Å². The van der Waals surface area contributed by atoms with Crippen LogP contribution in [0.5, 0.6) is 0 Å². The van der Waals surface area contributed by atoms with E-state index in [1.165, 1.54) is 32.2 Å². The summed E-state index contributed by atoms with van der Waals surface area (Å²) in [4.78, 5) is 2.66. The molecule has 0 radical (unpaired) electrons. The molecule has 2 aliphatic heterocycles. The van der Waals surface area contributed by atoms with Gasteiger partial charge in [0, 0.05) is 24.2 Å². The van der Waals surface area contributed by atoms with Gasteiger partial charge in [-0.2, -0.15) is 0 Å². The Hall–Kier alpha value is -0.0800. The summed E-state index contributed by atoms with van der Waals surface area (Å²) >= 11 is 0. The molecule has 0 aliphatic carbocycles. The predicted octanol–water partition coefficient (Wildman–Crippen LogP) is 1.35. The molecule has 2 unspecified atom stereocenters. The SMILES string of the molecule is CC1(C)CCC2CC(N)CCN21. The molecular formula is C10H20N2. The Morgan fingerprint density at radius 1 is 1.33 bits per heavy atom. The van der Waals surface area contributed by atoms with Crippen LogP contribution in [-0.4, -0.2) is 29.1 Å². The summed E-state index contributed by atoms with van der Waals surface area (Å²) in [6.45, 7) is 5.95. The fraction of sp³-hybridized carbons (Fsp3) is 1.00. The van der Waals surface area contributed by atoms with E-state index in [1.54, 1.807) is 0 Å². The zero-order chi connectivity index (χ0) is 8.77. The molecule has 12 heavy (non-hydrogen) atoms. The van der Waals surface area contributed by atoms with Crippen molar-refractivity contribution in [2.75, 3.05) is 6.54 Å². The Morgan fingerprint density at radius 2 is 2.08 bits per heavy atom. The Bertz CT molecular complexity index is 177. The maximum absolute atomic E-state index is 5.95. The molecule has 2 atom stereocenters. The summed E-state index contributed by atoms with van der Waals surface area (Å²) in [5.74, 6) is 0. The number of rotatable bonds is 0. The quantitative estimate of drug-likeness (QED) is 0.591. The first kappa shape index (κ1) is 8.52. The van der Waals surface area contributed by atoms with Crippen molar-refractivity contribution in [1.82, 2.24) is 4.90 Å². The average molecular weight is 168 g/mol. The van der Waals surface area contributed by atoms with Crippen LogP contribution in [0.15, 0.2) is 0 Å². The first-order valence-electron chi connectivity index (χ1n) is 5.12. The molecule has 2 saturated heterocycles. The Morgan fingerprint density at radius 3 is 2.83 bits per heavy atom. The maximum atomic E-state index is 5.95. The Kier molecular flexibility index (Phi) is 1.92. The number of nitrogens with two attached hydrogens (primary N) is 1. The van der Waals surface area contributed by atoms with Gasteiger partial charge in [-0.15, -0.1) is 0 Å². The summed E-state index contributed by atoms with van der Waals surface area (Å²) in [7, 11) is 0. The van der Waals surface area contributed by atoms with Crippen molar-refractivity contribution in [2.45, 2.75) is 57.2 Å². The third-order valence-electron chi connectivity index (χ3n) is 3.62. The van der Waals surface area contributed by atoms with E-state index in [9.17, 15) is 0 Å². The minimum Gasteiger partial charge on any atom is -0.328 e. The topological polar surface area (TPSA) is 29.3 Å². The first-order valence-corrected chi connectivity index (χ1v) is 5.12. The molecule has 2 heterocycles. The summed E-state index contributed by atoms with van der Waals surface area (Å²) in [6.07, 6.45) is 5.13. The molecule has 2 N–H and O–H groups in total. The molecule has 2 rings (SSSR count). The van der Waals surface area contributed by atoms with Gasteiger partial charge in [0.15, 0.2) is 0 Å².